The van der Waals surface area contributed by atoms with Crippen molar-refractivity contribution in [1.29, 1.82) is 0 Å². The third kappa shape index (κ3) is 3.86. The standard InChI is InChI=1S/C22H21ClF3N3/c1-2-14-6-9-16(10-7-14)29-21-17(5-3-4-12-27-21)20(28-29)18-13-15(22(24,25)26)8-11-19(18)23/h6-11,13,27H,2-5,12H2,1H3. The summed E-state index contributed by atoms with van der Waals surface area (Å²) in [5.74, 6) is 0.829. The number of aryl methyl sites for hydroxylation is 1. The van der Waals surface area contributed by atoms with Crippen LogP contribution in [0.4, 0.5) is 19.0 Å². The van der Waals surface area contributed by atoms with Gasteiger partial charge in [0.05, 0.1) is 22.0 Å². The van der Waals surface area contributed by atoms with Crippen LogP contribution >= 0.6 is 11.6 Å². The van der Waals surface area contributed by atoms with Gasteiger partial charge >= 0.3 is 6.18 Å². The normalized spacial score (nSPS) is 14.2. The number of aromatic nitrogens is 2. The Balaban J connectivity index is 1.90. The number of rotatable bonds is 3. The van der Waals surface area contributed by atoms with Gasteiger partial charge in [-0.15, -0.1) is 0 Å². The highest BCUT2D eigenvalue weighted by atomic mass is 35.5. The van der Waals surface area contributed by atoms with Gasteiger partial charge in [0, 0.05) is 17.7 Å². The smallest absolute Gasteiger partial charge is 0.370 e. The number of nitrogens with zero attached hydrogens (tertiary/aromatic N) is 2. The average Bonchev–Trinajstić information content (AvgIpc) is 2.88. The predicted octanol–water partition coefficient (Wildman–Crippen LogP) is 6.52. The van der Waals surface area contributed by atoms with E-state index in [4.69, 9.17) is 16.7 Å². The molecule has 3 aromatic rings. The number of benzene rings is 2. The van der Waals surface area contributed by atoms with Gasteiger partial charge in [-0.05, 0) is 61.6 Å². The highest BCUT2D eigenvalue weighted by Crippen LogP contribution is 2.40. The van der Waals surface area contributed by atoms with Gasteiger partial charge in [-0.3, -0.25) is 0 Å². The Morgan fingerprint density at radius 2 is 1.86 bits per heavy atom. The second-order valence-electron chi connectivity index (χ2n) is 7.18. The van der Waals surface area contributed by atoms with E-state index in [1.807, 2.05) is 24.3 Å². The minimum absolute atomic E-state index is 0.260. The number of nitrogens with one attached hydrogen (secondary N) is 1. The molecule has 2 aromatic carbocycles. The van der Waals surface area contributed by atoms with Crippen molar-refractivity contribution in [1.82, 2.24) is 9.78 Å². The Hall–Kier alpha value is -2.47. The summed E-state index contributed by atoms with van der Waals surface area (Å²) in [4.78, 5) is 0. The van der Waals surface area contributed by atoms with Crippen molar-refractivity contribution >= 4 is 17.4 Å². The van der Waals surface area contributed by atoms with E-state index in [0.29, 0.717) is 11.3 Å². The van der Waals surface area contributed by atoms with Crippen LogP contribution in [0.3, 0.4) is 0 Å². The van der Waals surface area contributed by atoms with Crippen LogP contribution in [0.2, 0.25) is 5.02 Å². The van der Waals surface area contributed by atoms with Crippen LogP contribution in [0.1, 0.15) is 36.5 Å². The van der Waals surface area contributed by atoms with E-state index < -0.39 is 11.7 Å². The highest BCUT2D eigenvalue weighted by Gasteiger charge is 2.32. The summed E-state index contributed by atoms with van der Waals surface area (Å²) in [6.07, 6.45) is -0.853. The van der Waals surface area contributed by atoms with E-state index >= 15 is 0 Å². The molecular weight excluding hydrogens is 399 g/mol. The molecule has 0 fully saturated rings. The fourth-order valence-corrected chi connectivity index (χ4v) is 3.87. The van der Waals surface area contributed by atoms with Crippen LogP contribution in [-0.2, 0) is 19.0 Å². The van der Waals surface area contributed by atoms with Gasteiger partial charge in [-0.1, -0.05) is 30.7 Å². The molecule has 3 nitrogen and oxygen atoms in total. The number of fused-ring (bicyclic) bond motifs is 1. The lowest BCUT2D eigenvalue weighted by Gasteiger charge is -2.10. The summed E-state index contributed by atoms with van der Waals surface area (Å²) in [6.45, 7) is 2.88. The summed E-state index contributed by atoms with van der Waals surface area (Å²) in [7, 11) is 0. The molecule has 1 aliphatic rings. The van der Waals surface area contributed by atoms with Gasteiger partial charge < -0.3 is 5.32 Å². The van der Waals surface area contributed by atoms with Gasteiger partial charge in [0.15, 0.2) is 0 Å². The number of hydrogen-bond acceptors (Lipinski definition) is 2. The van der Waals surface area contributed by atoms with E-state index in [-0.39, 0.29) is 5.02 Å². The Morgan fingerprint density at radius 3 is 2.55 bits per heavy atom. The summed E-state index contributed by atoms with van der Waals surface area (Å²) in [5.41, 5.74) is 3.07. The SMILES string of the molecule is CCc1ccc(-n2nc(-c3cc(C(F)(F)F)ccc3Cl)c3c2NCCCC3)cc1. The third-order valence-electron chi connectivity index (χ3n) is 5.27. The Bertz CT molecular complexity index is 1020. The largest absolute Gasteiger partial charge is 0.416 e. The van der Waals surface area contributed by atoms with E-state index in [1.165, 1.54) is 11.6 Å². The highest BCUT2D eigenvalue weighted by molar-refractivity contribution is 6.33. The van der Waals surface area contributed by atoms with E-state index in [2.05, 4.69) is 12.2 Å². The lowest BCUT2D eigenvalue weighted by Crippen LogP contribution is -2.07. The van der Waals surface area contributed by atoms with E-state index in [9.17, 15) is 13.2 Å². The fraction of sp³-hybridized carbons (Fsp3) is 0.318. The van der Waals surface area contributed by atoms with Crippen LogP contribution in [0.15, 0.2) is 42.5 Å². The molecule has 0 aliphatic carbocycles. The zero-order valence-corrected chi connectivity index (χ0v) is 16.7. The topological polar surface area (TPSA) is 29.9 Å². The second kappa shape index (κ2) is 7.75. The maximum absolute atomic E-state index is 13.3. The molecule has 0 bridgehead atoms. The zero-order chi connectivity index (χ0) is 20.6. The minimum atomic E-state index is -4.44. The number of hydrogen-bond donors (Lipinski definition) is 1. The van der Waals surface area contributed by atoms with E-state index in [1.54, 1.807) is 4.68 Å². The summed E-state index contributed by atoms with van der Waals surface area (Å²) in [6, 6.07) is 11.4. The molecule has 0 unspecified atom stereocenters. The van der Waals surface area contributed by atoms with Crippen molar-refractivity contribution in [3.05, 3.63) is 64.2 Å². The molecule has 152 valence electrons. The molecule has 0 saturated carbocycles. The Morgan fingerprint density at radius 1 is 1.10 bits per heavy atom. The Labute approximate surface area is 172 Å². The summed E-state index contributed by atoms with van der Waals surface area (Å²) < 4.78 is 41.6. The second-order valence-corrected chi connectivity index (χ2v) is 7.59. The molecule has 1 N–H and O–H groups in total. The molecule has 1 aliphatic heterocycles. The van der Waals surface area contributed by atoms with Gasteiger partial charge in [0.2, 0.25) is 0 Å². The Kier molecular flexibility index (Phi) is 5.30. The maximum atomic E-state index is 13.3. The molecule has 7 heteroatoms. The van der Waals surface area contributed by atoms with Crippen LogP contribution in [-0.4, -0.2) is 16.3 Å². The van der Waals surface area contributed by atoms with Gasteiger partial charge in [0.25, 0.3) is 0 Å². The predicted molar refractivity (Wildman–Crippen MR) is 110 cm³/mol. The molecular formula is C22H21ClF3N3. The maximum Gasteiger partial charge on any atom is 0.416 e. The van der Waals surface area contributed by atoms with Crippen molar-refractivity contribution < 1.29 is 13.2 Å². The van der Waals surface area contributed by atoms with Crippen LogP contribution in [0, 0.1) is 0 Å². The molecule has 0 spiro atoms. The van der Waals surface area contributed by atoms with Crippen LogP contribution < -0.4 is 5.32 Å². The lowest BCUT2D eigenvalue weighted by atomic mass is 10.0. The van der Waals surface area contributed by atoms with Gasteiger partial charge in [-0.25, -0.2) is 4.68 Å². The summed E-state index contributed by atoms with van der Waals surface area (Å²) in [5, 5.41) is 8.39. The molecule has 4 rings (SSSR count). The molecule has 0 atom stereocenters. The first kappa shape index (κ1) is 19.8. The average molecular weight is 420 g/mol. The van der Waals surface area contributed by atoms with Crippen molar-refractivity contribution in [2.24, 2.45) is 0 Å². The number of anilines is 1. The third-order valence-corrected chi connectivity index (χ3v) is 5.60. The van der Waals surface area contributed by atoms with Crippen molar-refractivity contribution in [2.45, 2.75) is 38.8 Å². The zero-order valence-electron chi connectivity index (χ0n) is 16.0. The first-order chi connectivity index (χ1) is 13.9. The first-order valence-electron chi connectivity index (χ1n) is 9.70. The van der Waals surface area contributed by atoms with Gasteiger partial charge in [-0.2, -0.15) is 18.3 Å². The molecule has 0 radical (unpaired) electrons. The van der Waals surface area contributed by atoms with Crippen LogP contribution in [0.25, 0.3) is 16.9 Å². The van der Waals surface area contributed by atoms with Crippen molar-refractivity contribution in [3.8, 4) is 16.9 Å². The first-order valence-corrected chi connectivity index (χ1v) is 10.1. The molecule has 0 amide bonds. The lowest BCUT2D eigenvalue weighted by molar-refractivity contribution is -0.137. The molecule has 2 heterocycles. The van der Waals surface area contributed by atoms with Crippen molar-refractivity contribution in [2.75, 3.05) is 11.9 Å². The van der Waals surface area contributed by atoms with Crippen molar-refractivity contribution in [3.63, 3.8) is 0 Å². The van der Waals surface area contributed by atoms with Gasteiger partial charge in [0.1, 0.15) is 5.82 Å². The quantitative estimate of drug-likeness (QED) is 0.523. The van der Waals surface area contributed by atoms with E-state index in [0.717, 1.165) is 61.4 Å². The molecule has 1 aromatic heterocycles. The molecule has 29 heavy (non-hydrogen) atoms. The fourth-order valence-electron chi connectivity index (χ4n) is 3.66. The molecule has 0 saturated heterocycles. The summed E-state index contributed by atoms with van der Waals surface area (Å²) >= 11 is 6.32. The number of alkyl halides is 3. The monoisotopic (exact) mass is 419 g/mol. The van der Waals surface area contributed by atoms with Crippen LogP contribution in [0.5, 0.6) is 0 Å². The minimum Gasteiger partial charge on any atom is -0.370 e. The number of halogens is 4.